The fourth-order valence-electron chi connectivity index (χ4n) is 5.09. The normalized spacial score (nSPS) is 11.1. The Labute approximate surface area is 269 Å². The van der Waals surface area contributed by atoms with Gasteiger partial charge in [-0.15, -0.1) is 0 Å². The van der Waals surface area contributed by atoms with Crippen molar-refractivity contribution in [3.8, 4) is 34.6 Å². The van der Waals surface area contributed by atoms with Crippen LogP contribution in [0, 0.1) is 25.2 Å². The van der Waals surface area contributed by atoms with Crippen molar-refractivity contribution in [1.29, 1.82) is 5.26 Å². The minimum atomic E-state index is -4.92. The monoisotopic (exact) mass is 638 g/mol. The molecule has 0 aliphatic rings. The Hall–Kier alpha value is -5.82. The van der Waals surface area contributed by atoms with E-state index in [1.54, 1.807) is 6.07 Å². The van der Waals surface area contributed by atoms with Gasteiger partial charge >= 0.3 is 12.1 Å². The number of aromatic nitrogens is 1. The molecule has 0 bridgehead atoms. The molecule has 4 aromatic carbocycles. The first-order chi connectivity index (χ1) is 22.5. The van der Waals surface area contributed by atoms with Crippen LogP contribution in [0.4, 0.5) is 13.2 Å². The molecule has 1 heterocycles. The molecule has 0 N–H and O–H groups in total. The molecule has 1 aromatic heterocycles. The van der Waals surface area contributed by atoms with Crippen molar-refractivity contribution >= 4 is 5.97 Å². The molecule has 5 aromatic rings. The van der Waals surface area contributed by atoms with Crippen molar-refractivity contribution in [2.24, 2.45) is 0 Å². The summed E-state index contributed by atoms with van der Waals surface area (Å²) in [5.74, 6) is 0.320. The van der Waals surface area contributed by atoms with E-state index >= 15 is 0 Å². The Morgan fingerprint density at radius 2 is 1.57 bits per heavy atom. The molecule has 5 rings (SSSR count). The van der Waals surface area contributed by atoms with E-state index in [1.807, 2.05) is 62.4 Å². The Morgan fingerprint density at radius 3 is 2.21 bits per heavy atom. The maximum Gasteiger partial charge on any atom is 0.417 e. The van der Waals surface area contributed by atoms with E-state index in [1.165, 1.54) is 54.1 Å². The summed E-state index contributed by atoms with van der Waals surface area (Å²) in [5, 5.41) is 9.55. The summed E-state index contributed by atoms with van der Waals surface area (Å²) in [5.41, 5.74) is 0.637. The van der Waals surface area contributed by atoms with Gasteiger partial charge in [-0.05, 0) is 78.6 Å². The summed E-state index contributed by atoms with van der Waals surface area (Å²) in [6, 6.07) is 28.0. The zero-order chi connectivity index (χ0) is 33.7. The Kier molecular flexibility index (Phi) is 9.47. The maximum absolute atomic E-state index is 14.0. The van der Waals surface area contributed by atoms with Crippen LogP contribution >= 0.6 is 0 Å². The van der Waals surface area contributed by atoms with Crippen LogP contribution in [0.3, 0.4) is 0 Å². The molecule has 10 heteroatoms. The van der Waals surface area contributed by atoms with Crippen molar-refractivity contribution in [1.82, 2.24) is 4.57 Å². The molecule has 7 nitrogen and oxygen atoms in total. The average Bonchev–Trinajstić information content (AvgIpc) is 3.05. The van der Waals surface area contributed by atoms with Crippen molar-refractivity contribution in [2.75, 3.05) is 7.11 Å². The third-order valence-electron chi connectivity index (χ3n) is 7.48. The Balaban J connectivity index is 1.50. The predicted molar refractivity (Wildman–Crippen MR) is 170 cm³/mol. The van der Waals surface area contributed by atoms with Gasteiger partial charge in [0.2, 0.25) is 0 Å². The minimum absolute atomic E-state index is 0.0165. The van der Waals surface area contributed by atoms with Gasteiger partial charge in [0.15, 0.2) is 0 Å². The molecule has 47 heavy (non-hydrogen) atoms. The van der Waals surface area contributed by atoms with E-state index < -0.39 is 28.8 Å². The van der Waals surface area contributed by atoms with Gasteiger partial charge in [0.1, 0.15) is 35.5 Å². The second-order valence-electron chi connectivity index (χ2n) is 10.8. The van der Waals surface area contributed by atoms with Crippen LogP contribution in [-0.4, -0.2) is 17.6 Å². The lowest BCUT2D eigenvalue weighted by molar-refractivity contribution is -0.137. The van der Waals surface area contributed by atoms with Gasteiger partial charge in [-0.3, -0.25) is 4.79 Å². The Bertz CT molecular complexity index is 2030. The first-order valence-electron chi connectivity index (χ1n) is 14.5. The van der Waals surface area contributed by atoms with E-state index in [9.17, 15) is 28.0 Å². The first-order valence-corrected chi connectivity index (χ1v) is 14.5. The first kappa shape index (κ1) is 32.6. The summed E-state index contributed by atoms with van der Waals surface area (Å²) in [6.45, 7) is 3.96. The number of halogens is 3. The zero-order valence-electron chi connectivity index (χ0n) is 25.7. The van der Waals surface area contributed by atoms with Crippen LogP contribution in [-0.2, 0) is 24.1 Å². The largest absolute Gasteiger partial charge is 0.489 e. The molecule has 0 atom stereocenters. The highest BCUT2D eigenvalue weighted by atomic mass is 19.4. The average molecular weight is 639 g/mol. The third kappa shape index (κ3) is 7.53. The smallest absolute Gasteiger partial charge is 0.417 e. The number of nitrogens with zero attached hydrogens (tertiary/aromatic N) is 2. The number of benzene rings is 4. The number of hydrogen-bond donors (Lipinski definition) is 0. The summed E-state index contributed by atoms with van der Waals surface area (Å²) in [7, 11) is 1.26. The van der Waals surface area contributed by atoms with Crippen LogP contribution in [0.5, 0.6) is 17.2 Å². The quantitative estimate of drug-likeness (QED) is 0.151. The number of carbonyl (C=O) groups is 1. The number of esters is 1. The van der Waals surface area contributed by atoms with Gasteiger partial charge in [0.25, 0.3) is 5.56 Å². The molecule has 238 valence electrons. The number of nitriles is 1. The summed E-state index contributed by atoms with van der Waals surface area (Å²) < 4.78 is 60.0. The zero-order valence-corrected chi connectivity index (χ0v) is 25.7. The number of hydrogen-bond acceptors (Lipinski definition) is 6. The molecule has 0 aliphatic carbocycles. The van der Waals surface area contributed by atoms with Gasteiger partial charge in [0, 0.05) is 6.07 Å². The molecule has 0 aliphatic heterocycles. The standard InChI is InChI=1S/C37H29F3N2O5/c1-23-9-10-27(24(2)15-23)21-42-34(19-33(37(38,39)40)32(20-41)35(42)43)26-11-13-29(14-12-26)47-31-17-28(36(44)45-3)16-30(18-31)46-22-25-7-5-4-6-8-25/h4-19H,21-22H2,1-3H3. The number of aryl methyl sites for hydroxylation is 2. The molecule has 0 saturated heterocycles. The number of carbonyl (C=O) groups excluding carboxylic acids is 1. The lowest BCUT2D eigenvalue weighted by Gasteiger charge is -2.19. The van der Waals surface area contributed by atoms with Gasteiger partial charge in [0.05, 0.1) is 30.5 Å². The number of pyridine rings is 1. The van der Waals surface area contributed by atoms with E-state index in [4.69, 9.17) is 14.2 Å². The summed E-state index contributed by atoms with van der Waals surface area (Å²) in [6.07, 6.45) is -4.92. The van der Waals surface area contributed by atoms with E-state index in [-0.39, 0.29) is 30.2 Å². The van der Waals surface area contributed by atoms with E-state index in [0.29, 0.717) is 17.1 Å². The molecule has 0 amide bonds. The fourth-order valence-corrected chi connectivity index (χ4v) is 5.09. The number of alkyl halides is 3. The predicted octanol–water partition coefficient (Wildman–Crippen LogP) is 8.23. The van der Waals surface area contributed by atoms with Crippen LogP contribution < -0.4 is 15.0 Å². The molecule has 0 unspecified atom stereocenters. The minimum Gasteiger partial charge on any atom is -0.489 e. The topological polar surface area (TPSA) is 90.6 Å². The highest BCUT2D eigenvalue weighted by Gasteiger charge is 2.36. The van der Waals surface area contributed by atoms with Crippen molar-refractivity contribution < 1.29 is 32.2 Å². The second-order valence-corrected chi connectivity index (χ2v) is 10.8. The van der Waals surface area contributed by atoms with Crippen LogP contribution in [0.25, 0.3) is 11.3 Å². The lowest BCUT2D eigenvalue weighted by Crippen LogP contribution is -2.29. The maximum atomic E-state index is 14.0. The molecular weight excluding hydrogens is 609 g/mol. The van der Waals surface area contributed by atoms with E-state index in [0.717, 1.165) is 28.3 Å². The molecular formula is C37H29F3N2O5. The molecule has 0 saturated carbocycles. The highest BCUT2D eigenvalue weighted by molar-refractivity contribution is 5.90. The van der Waals surface area contributed by atoms with Crippen molar-refractivity contribution in [2.45, 2.75) is 33.2 Å². The van der Waals surface area contributed by atoms with Gasteiger partial charge in [-0.1, -0.05) is 54.1 Å². The van der Waals surface area contributed by atoms with Gasteiger partial charge < -0.3 is 18.8 Å². The third-order valence-corrected chi connectivity index (χ3v) is 7.48. The number of ether oxygens (including phenoxy) is 3. The summed E-state index contributed by atoms with van der Waals surface area (Å²) >= 11 is 0. The van der Waals surface area contributed by atoms with Gasteiger partial charge in [-0.25, -0.2) is 4.79 Å². The molecule has 0 fully saturated rings. The molecule has 0 radical (unpaired) electrons. The van der Waals surface area contributed by atoms with Crippen molar-refractivity contribution in [3.05, 3.63) is 146 Å². The van der Waals surface area contributed by atoms with E-state index in [2.05, 4.69) is 0 Å². The van der Waals surface area contributed by atoms with Crippen LogP contribution in [0.1, 0.15) is 43.7 Å². The highest BCUT2D eigenvalue weighted by Crippen LogP contribution is 2.35. The van der Waals surface area contributed by atoms with Crippen molar-refractivity contribution in [3.63, 3.8) is 0 Å². The Morgan fingerprint density at radius 1 is 0.872 bits per heavy atom. The van der Waals surface area contributed by atoms with Gasteiger partial charge in [-0.2, -0.15) is 18.4 Å². The second kappa shape index (κ2) is 13.7. The van der Waals surface area contributed by atoms with Crippen LogP contribution in [0.2, 0.25) is 0 Å². The number of methoxy groups -OCH3 is 1. The summed E-state index contributed by atoms with van der Waals surface area (Å²) in [4.78, 5) is 25.8. The fraction of sp³-hybridized carbons (Fsp3) is 0.162. The lowest BCUT2D eigenvalue weighted by atomic mass is 10.0. The SMILES string of the molecule is COC(=O)c1cc(OCc2ccccc2)cc(Oc2ccc(-c3cc(C(F)(F)F)c(C#N)c(=O)n3Cc3ccc(C)cc3C)cc2)c1. The van der Waals surface area contributed by atoms with Crippen LogP contribution in [0.15, 0.2) is 102 Å². The molecule has 0 spiro atoms. The number of rotatable bonds is 9.